The first-order chi connectivity index (χ1) is 13.8. The molecule has 0 atom stereocenters. The van der Waals surface area contributed by atoms with Gasteiger partial charge in [0.15, 0.2) is 5.13 Å². The van der Waals surface area contributed by atoms with E-state index < -0.39 is 5.91 Å². The number of amides is 1. The van der Waals surface area contributed by atoms with E-state index in [4.69, 9.17) is 4.74 Å². The fraction of sp³-hybridized carbons (Fsp3) is 0.227. The molecule has 0 aliphatic heterocycles. The van der Waals surface area contributed by atoms with Crippen molar-refractivity contribution in [3.05, 3.63) is 63.4 Å². The first-order valence-electron chi connectivity index (χ1n) is 9.03. The van der Waals surface area contributed by atoms with E-state index in [1.165, 1.54) is 11.3 Å². The minimum absolute atomic E-state index is 0.0225. The van der Waals surface area contributed by atoms with Crippen LogP contribution in [0.15, 0.2) is 36.0 Å². The highest BCUT2D eigenvalue weighted by atomic mass is 32.1. The number of thiazole rings is 1. The smallest absolute Gasteiger partial charge is 0.268 e. The number of carbonyl (C=O) groups excluding carboxylic acids is 1. The highest BCUT2D eigenvalue weighted by Gasteiger charge is 2.16. The Balaban J connectivity index is 2.00. The zero-order valence-corrected chi connectivity index (χ0v) is 17.8. The number of hydrogen-bond donors (Lipinski definition) is 1. The Morgan fingerprint density at radius 3 is 2.66 bits per heavy atom. The van der Waals surface area contributed by atoms with Crippen molar-refractivity contribution in [2.75, 3.05) is 12.4 Å². The van der Waals surface area contributed by atoms with Crippen LogP contribution in [0.3, 0.4) is 0 Å². The number of nitrogens with zero attached hydrogens (tertiary/aromatic N) is 3. The molecule has 2 heterocycles. The van der Waals surface area contributed by atoms with Gasteiger partial charge in [-0.25, -0.2) is 4.98 Å². The van der Waals surface area contributed by atoms with Crippen LogP contribution in [-0.2, 0) is 4.79 Å². The van der Waals surface area contributed by atoms with Gasteiger partial charge in [0.2, 0.25) is 0 Å². The van der Waals surface area contributed by atoms with Gasteiger partial charge in [-0.2, -0.15) is 5.26 Å². The maximum Gasteiger partial charge on any atom is 0.268 e. The van der Waals surface area contributed by atoms with Gasteiger partial charge in [0, 0.05) is 22.5 Å². The Morgan fingerprint density at radius 2 is 2.03 bits per heavy atom. The van der Waals surface area contributed by atoms with Crippen molar-refractivity contribution in [2.24, 2.45) is 0 Å². The molecule has 0 radical (unpaired) electrons. The number of nitriles is 1. The Kier molecular flexibility index (Phi) is 5.85. The summed E-state index contributed by atoms with van der Waals surface area (Å²) in [7, 11) is 1.64. The van der Waals surface area contributed by atoms with Gasteiger partial charge >= 0.3 is 0 Å². The van der Waals surface area contributed by atoms with E-state index in [-0.39, 0.29) is 5.57 Å². The molecule has 3 aromatic rings. The molecule has 0 aliphatic carbocycles. The molecule has 0 spiro atoms. The Hall–Kier alpha value is -3.37. The van der Waals surface area contributed by atoms with Gasteiger partial charge in [0.05, 0.1) is 12.8 Å². The third-order valence-corrected chi connectivity index (χ3v) is 5.38. The number of anilines is 1. The molecule has 0 saturated carbocycles. The summed E-state index contributed by atoms with van der Waals surface area (Å²) in [6.07, 6.45) is 3.29. The lowest BCUT2D eigenvalue weighted by Crippen LogP contribution is -2.13. The molecular formula is C22H22N4O2S. The number of hydrogen-bond acceptors (Lipinski definition) is 5. The summed E-state index contributed by atoms with van der Waals surface area (Å²) in [4.78, 5) is 17.6. The molecule has 2 aromatic heterocycles. The fourth-order valence-electron chi connectivity index (χ4n) is 3.16. The van der Waals surface area contributed by atoms with Gasteiger partial charge < -0.3 is 9.30 Å². The Morgan fingerprint density at radius 1 is 1.28 bits per heavy atom. The number of rotatable bonds is 5. The van der Waals surface area contributed by atoms with E-state index in [1.807, 2.05) is 52.0 Å². The maximum atomic E-state index is 12.5. The molecule has 0 unspecified atom stereocenters. The van der Waals surface area contributed by atoms with Gasteiger partial charge in [-0.3, -0.25) is 10.1 Å². The van der Waals surface area contributed by atoms with Crippen molar-refractivity contribution in [2.45, 2.75) is 27.7 Å². The maximum absolute atomic E-state index is 12.5. The summed E-state index contributed by atoms with van der Waals surface area (Å²) in [6, 6.07) is 9.93. The van der Waals surface area contributed by atoms with Crippen LogP contribution >= 0.6 is 11.3 Å². The second kappa shape index (κ2) is 8.33. The normalized spacial score (nSPS) is 11.2. The molecule has 3 rings (SSSR count). The molecular weight excluding hydrogens is 384 g/mol. The molecule has 0 bridgehead atoms. The molecule has 1 amide bonds. The molecule has 29 heavy (non-hydrogen) atoms. The van der Waals surface area contributed by atoms with Crippen LogP contribution in [0.5, 0.6) is 5.75 Å². The predicted octanol–water partition coefficient (Wildman–Crippen LogP) is 4.72. The van der Waals surface area contributed by atoms with Crippen molar-refractivity contribution < 1.29 is 9.53 Å². The highest BCUT2D eigenvalue weighted by molar-refractivity contribution is 7.15. The van der Waals surface area contributed by atoms with E-state index in [0.717, 1.165) is 38.8 Å². The zero-order valence-electron chi connectivity index (χ0n) is 17.0. The third-order valence-electron chi connectivity index (χ3n) is 4.55. The van der Waals surface area contributed by atoms with Crippen molar-refractivity contribution in [1.29, 1.82) is 5.26 Å². The SMILES string of the molecule is COc1ccc(C)cc1-n1c(C)cc(C=C(C#N)C(=O)Nc2ncc(C)s2)c1C. The second-order valence-electron chi connectivity index (χ2n) is 6.74. The summed E-state index contributed by atoms with van der Waals surface area (Å²) in [5.41, 5.74) is 4.75. The lowest BCUT2D eigenvalue weighted by atomic mass is 10.1. The molecule has 7 heteroatoms. The van der Waals surface area contributed by atoms with Crippen LogP contribution in [0.2, 0.25) is 0 Å². The van der Waals surface area contributed by atoms with Gasteiger partial charge in [-0.05, 0) is 63.1 Å². The largest absolute Gasteiger partial charge is 0.495 e. The van der Waals surface area contributed by atoms with Crippen LogP contribution in [0.4, 0.5) is 5.13 Å². The third kappa shape index (κ3) is 4.23. The van der Waals surface area contributed by atoms with E-state index in [1.54, 1.807) is 19.4 Å². The van der Waals surface area contributed by atoms with Crippen molar-refractivity contribution in [3.8, 4) is 17.5 Å². The molecule has 0 saturated heterocycles. The topological polar surface area (TPSA) is 79.9 Å². The Labute approximate surface area is 174 Å². The van der Waals surface area contributed by atoms with E-state index >= 15 is 0 Å². The highest BCUT2D eigenvalue weighted by Crippen LogP contribution is 2.30. The molecule has 1 N–H and O–H groups in total. The molecule has 0 fully saturated rings. The van der Waals surface area contributed by atoms with Crippen LogP contribution < -0.4 is 10.1 Å². The first kappa shape index (κ1) is 20.4. The van der Waals surface area contributed by atoms with Crippen LogP contribution in [0.25, 0.3) is 11.8 Å². The van der Waals surface area contributed by atoms with Gasteiger partial charge in [0.1, 0.15) is 17.4 Å². The van der Waals surface area contributed by atoms with Gasteiger partial charge in [-0.1, -0.05) is 6.07 Å². The van der Waals surface area contributed by atoms with Gasteiger partial charge in [-0.15, -0.1) is 11.3 Å². The number of aryl methyl sites for hydroxylation is 3. The monoisotopic (exact) mass is 406 g/mol. The second-order valence-corrected chi connectivity index (χ2v) is 7.97. The quantitative estimate of drug-likeness (QED) is 0.491. The average Bonchev–Trinajstić information content (AvgIpc) is 3.21. The summed E-state index contributed by atoms with van der Waals surface area (Å²) in [6.45, 7) is 7.87. The van der Waals surface area contributed by atoms with Crippen molar-refractivity contribution in [1.82, 2.24) is 9.55 Å². The van der Waals surface area contributed by atoms with Crippen LogP contribution in [0.1, 0.15) is 27.4 Å². The summed E-state index contributed by atoms with van der Waals surface area (Å²) in [5.74, 6) is 0.283. The average molecular weight is 407 g/mol. The summed E-state index contributed by atoms with van der Waals surface area (Å²) in [5, 5.41) is 12.7. The first-order valence-corrected chi connectivity index (χ1v) is 9.85. The summed E-state index contributed by atoms with van der Waals surface area (Å²) >= 11 is 1.36. The number of benzene rings is 1. The Bertz CT molecular complexity index is 1150. The van der Waals surface area contributed by atoms with Crippen LogP contribution in [-0.4, -0.2) is 22.6 Å². The number of methoxy groups -OCH3 is 1. The zero-order chi connectivity index (χ0) is 21.1. The van der Waals surface area contributed by atoms with E-state index in [0.29, 0.717) is 5.13 Å². The van der Waals surface area contributed by atoms with Crippen molar-refractivity contribution >= 4 is 28.5 Å². The minimum atomic E-state index is -0.472. The lowest BCUT2D eigenvalue weighted by molar-refractivity contribution is -0.112. The molecule has 1 aromatic carbocycles. The molecule has 6 nitrogen and oxygen atoms in total. The number of nitrogens with one attached hydrogen (secondary N) is 1. The standard InChI is InChI=1S/C22H22N4O2S/c1-13-6-7-20(28-5)19(8-13)26-14(2)9-17(16(26)4)10-18(11-23)21(27)25-22-24-12-15(3)29-22/h6-10,12H,1-5H3,(H,24,25,27). The van der Waals surface area contributed by atoms with E-state index in [2.05, 4.69) is 20.9 Å². The minimum Gasteiger partial charge on any atom is -0.495 e. The van der Waals surface area contributed by atoms with E-state index in [9.17, 15) is 10.1 Å². The fourth-order valence-corrected chi connectivity index (χ4v) is 3.82. The summed E-state index contributed by atoms with van der Waals surface area (Å²) < 4.78 is 7.59. The molecule has 148 valence electrons. The van der Waals surface area contributed by atoms with Crippen molar-refractivity contribution in [3.63, 3.8) is 0 Å². The number of aromatic nitrogens is 2. The predicted molar refractivity (Wildman–Crippen MR) is 116 cm³/mol. The lowest BCUT2D eigenvalue weighted by Gasteiger charge is -2.14. The molecule has 0 aliphatic rings. The number of ether oxygens (including phenoxy) is 1. The van der Waals surface area contributed by atoms with Gasteiger partial charge in [0.25, 0.3) is 5.91 Å². The number of carbonyl (C=O) groups is 1. The van der Waals surface area contributed by atoms with Crippen LogP contribution in [0, 0.1) is 39.0 Å².